The van der Waals surface area contributed by atoms with Gasteiger partial charge in [0.15, 0.2) is 0 Å². The molecule has 0 saturated carbocycles. The molecule has 2 aromatic carbocycles. The third kappa shape index (κ3) is 3.92. The average Bonchev–Trinajstić information content (AvgIpc) is 3.20. The zero-order chi connectivity index (χ0) is 20.4. The van der Waals surface area contributed by atoms with Crippen molar-refractivity contribution in [2.45, 2.75) is 32.4 Å². The molecule has 0 radical (unpaired) electrons. The molecule has 2 aromatic heterocycles. The predicted molar refractivity (Wildman–Crippen MR) is 111 cm³/mol. The molecular weight excluding hydrogens is 369 g/mol. The van der Waals surface area contributed by atoms with Crippen LogP contribution >= 0.6 is 0 Å². The summed E-state index contributed by atoms with van der Waals surface area (Å²) in [5.74, 6) is -0.720. The second-order valence-electron chi connectivity index (χ2n) is 7.28. The molecule has 4 aromatic rings. The summed E-state index contributed by atoms with van der Waals surface area (Å²) in [7, 11) is 0. The zero-order valence-corrected chi connectivity index (χ0v) is 16.1. The summed E-state index contributed by atoms with van der Waals surface area (Å²) in [4.78, 5) is 25.5. The molecule has 0 aliphatic heterocycles. The quantitative estimate of drug-likeness (QED) is 0.547. The summed E-state index contributed by atoms with van der Waals surface area (Å²) in [6, 6.07) is 17.7. The Labute approximate surface area is 167 Å². The Kier molecular flexibility index (Phi) is 5.16. The van der Waals surface area contributed by atoms with E-state index in [1.165, 1.54) is 22.3 Å². The number of aromatic nitrogens is 2. The monoisotopic (exact) mass is 391 g/mol. The van der Waals surface area contributed by atoms with Crippen LogP contribution < -0.4 is 10.9 Å². The van der Waals surface area contributed by atoms with Crippen LogP contribution in [0.4, 0.5) is 4.39 Å². The lowest BCUT2D eigenvalue weighted by Gasteiger charge is -2.16. The highest BCUT2D eigenvalue weighted by Crippen LogP contribution is 2.17. The lowest BCUT2D eigenvalue weighted by atomic mass is 10.1. The maximum absolute atomic E-state index is 13.9. The van der Waals surface area contributed by atoms with Gasteiger partial charge in [-0.1, -0.05) is 30.3 Å². The van der Waals surface area contributed by atoms with Gasteiger partial charge in [-0.25, -0.2) is 4.39 Å². The molecule has 2 heterocycles. The third-order valence-electron chi connectivity index (χ3n) is 5.12. The van der Waals surface area contributed by atoms with Crippen LogP contribution in [-0.2, 0) is 17.8 Å². The number of amides is 1. The molecule has 1 N–H and O–H groups in total. The first-order valence-electron chi connectivity index (χ1n) is 9.65. The highest BCUT2D eigenvalue weighted by Gasteiger charge is 2.15. The van der Waals surface area contributed by atoms with Crippen LogP contribution in [0, 0.1) is 5.82 Å². The van der Waals surface area contributed by atoms with Crippen molar-refractivity contribution in [3.05, 3.63) is 88.6 Å². The van der Waals surface area contributed by atoms with Crippen LogP contribution in [0.5, 0.6) is 0 Å². The van der Waals surface area contributed by atoms with Crippen molar-refractivity contribution < 1.29 is 9.18 Å². The molecule has 1 amide bonds. The van der Waals surface area contributed by atoms with Gasteiger partial charge in [-0.05, 0) is 55.7 Å². The van der Waals surface area contributed by atoms with Gasteiger partial charge in [-0.2, -0.15) is 0 Å². The van der Waals surface area contributed by atoms with Crippen LogP contribution in [-0.4, -0.2) is 20.9 Å². The molecule has 0 aliphatic rings. The molecule has 0 spiro atoms. The maximum atomic E-state index is 13.9. The molecule has 6 heteroatoms. The second kappa shape index (κ2) is 7.91. The predicted octanol–water partition coefficient (Wildman–Crippen LogP) is 3.53. The first-order valence-corrected chi connectivity index (χ1v) is 9.65. The third-order valence-corrected chi connectivity index (χ3v) is 5.12. The fourth-order valence-corrected chi connectivity index (χ4v) is 3.65. The van der Waals surface area contributed by atoms with Crippen molar-refractivity contribution in [1.82, 2.24) is 14.3 Å². The van der Waals surface area contributed by atoms with E-state index in [1.54, 1.807) is 28.8 Å². The number of fused-ring (bicyclic) bond motifs is 3. The number of carbonyl (C=O) groups excluding carboxylic acids is 1. The minimum Gasteiger partial charge on any atom is -0.352 e. The van der Waals surface area contributed by atoms with E-state index >= 15 is 0 Å². The van der Waals surface area contributed by atoms with Gasteiger partial charge in [-0.15, -0.1) is 0 Å². The van der Waals surface area contributed by atoms with E-state index in [-0.39, 0.29) is 24.1 Å². The van der Waals surface area contributed by atoms with Gasteiger partial charge in [0.05, 0.1) is 11.0 Å². The number of nitrogens with zero attached hydrogens (tertiary/aromatic N) is 2. The van der Waals surface area contributed by atoms with Crippen LogP contribution in [0.3, 0.4) is 0 Å². The van der Waals surface area contributed by atoms with Gasteiger partial charge in [-0.3, -0.25) is 14.2 Å². The zero-order valence-electron chi connectivity index (χ0n) is 16.1. The Balaban J connectivity index is 1.55. The number of benzene rings is 2. The largest absolute Gasteiger partial charge is 0.352 e. The van der Waals surface area contributed by atoms with E-state index in [9.17, 15) is 14.0 Å². The molecule has 4 rings (SSSR count). The van der Waals surface area contributed by atoms with E-state index in [0.717, 1.165) is 12.8 Å². The SMILES string of the molecule is C[C@@H](CCc1ccccc1)NC(=O)Cn1c(=O)c2cccn2c2ccc(F)cc21. The second-order valence-corrected chi connectivity index (χ2v) is 7.28. The van der Waals surface area contributed by atoms with Gasteiger partial charge < -0.3 is 9.72 Å². The number of aryl methyl sites for hydroxylation is 1. The molecule has 0 fully saturated rings. The van der Waals surface area contributed by atoms with E-state index in [2.05, 4.69) is 17.4 Å². The fourth-order valence-electron chi connectivity index (χ4n) is 3.65. The molecule has 29 heavy (non-hydrogen) atoms. The van der Waals surface area contributed by atoms with Crippen molar-refractivity contribution >= 4 is 22.5 Å². The summed E-state index contributed by atoms with van der Waals surface area (Å²) in [6.07, 6.45) is 3.40. The first kappa shape index (κ1) is 18.9. The Morgan fingerprint density at radius 2 is 1.83 bits per heavy atom. The highest BCUT2D eigenvalue weighted by molar-refractivity contribution is 5.82. The van der Waals surface area contributed by atoms with Gasteiger partial charge in [0.25, 0.3) is 5.56 Å². The molecule has 0 bridgehead atoms. The van der Waals surface area contributed by atoms with Gasteiger partial charge in [0.1, 0.15) is 17.9 Å². The number of halogens is 1. The standard InChI is InChI=1S/C23H22FN3O2/c1-16(9-10-17-6-3-2-4-7-17)25-22(28)15-27-21-14-18(24)11-12-19(21)26-13-5-8-20(26)23(27)29/h2-8,11-14,16H,9-10,15H2,1H3,(H,25,28)/t16-/m0/s1. The highest BCUT2D eigenvalue weighted by atomic mass is 19.1. The molecule has 148 valence electrons. The lowest BCUT2D eigenvalue weighted by molar-refractivity contribution is -0.122. The van der Waals surface area contributed by atoms with Crippen molar-refractivity contribution in [2.24, 2.45) is 0 Å². The van der Waals surface area contributed by atoms with Crippen molar-refractivity contribution in [3.63, 3.8) is 0 Å². The molecular formula is C23H22FN3O2. The average molecular weight is 391 g/mol. The topological polar surface area (TPSA) is 55.5 Å². The van der Waals surface area contributed by atoms with E-state index < -0.39 is 5.82 Å². The number of carbonyl (C=O) groups is 1. The van der Waals surface area contributed by atoms with E-state index in [4.69, 9.17) is 0 Å². The number of rotatable bonds is 6. The summed E-state index contributed by atoms with van der Waals surface area (Å²) in [5.41, 5.74) is 2.42. The maximum Gasteiger partial charge on any atom is 0.275 e. The number of nitrogens with one attached hydrogen (secondary N) is 1. The van der Waals surface area contributed by atoms with Crippen molar-refractivity contribution in [3.8, 4) is 0 Å². The van der Waals surface area contributed by atoms with E-state index in [1.807, 2.05) is 25.1 Å². The van der Waals surface area contributed by atoms with Crippen LogP contribution in [0.25, 0.3) is 16.6 Å². The molecule has 5 nitrogen and oxygen atoms in total. The summed E-state index contributed by atoms with van der Waals surface area (Å²) in [5, 5.41) is 2.95. The Hall–Kier alpha value is -3.41. The van der Waals surface area contributed by atoms with Crippen molar-refractivity contribution in [1.29, 1.82) is 0 Å². The summed E-state index contributed by atoms with van der Waals surface area (Å²) < 4.78 is 16.9. The van der Waals surface area contributed by atoms with Gasteiger partial charge >= 0.3 is 0 Å². The molecule has 0 unspecified atom stereocenters. The lowest BCUT2D eigenvalue weighted by Crippen LogP contribution is -2.38. The summed E-state index contributed by atoms with van der Waals surface area (Å²) >= 11 is 0. The fraction of sp³-hybridized carbons (Fsp3) is 0.217. The number of hydrogen-bond acceptors (Lipinski definition) is 2. The molecule has 0 aliphatic carbocycles. The molecule has 0 saturated heterocycles. The first-order chi connectivity index (χ1) is 14.0. The summed E-state index contributed by atoms with van der Waals surface area (Å²) in [6.45, 7) is 1.79. The molecule has 1 atom stereocenters. The minimum absolute atomic E-state index is 0.0431. The van der Waals surface area contributed by atoms with Gasteiger partial charge in [0, 0.05) is 12.2 Å². The van der Waals surface area contributed by atoms with Gasteiger partial charge in [0.2, 0.25) is 5.91 Å². The van der Waals surface area contributed by atoms with E-state index in [0.29, 0.717) is 16.6 Å². The van der Waals surface area contributed by atoms with Crippen LogP contribution in [0.2, 0.25) is 0 Å². The minimum atomic E-state index is -0.450. The van der Waals surface area contributed by atoms with Crippen LogP contribution in [0.15, 0.2) is 71.7 Å². The number of hydrogen-bond donors (Lipinski definition) is 1. The Morgan fingerprint density at radius 1 is 1.03 bits per heavy atom. The smallest absolute Gasteiger partial charge is 0.275 e. The van der Waals surface area contributed by atoms with Crippen molar-refractivity contribution in [2.75, 3.05) is 0 Å². The Bertz CT molecular complexity index is 1230. The van der Waals surface area contributed by atoms with Crippen LogP contribution in [0.1, 0.15) is 18.9 Å². The normalized spacial score (nSPS) is 12.3. The Morgan fingerprint density at radius 3 is 2.62 bits per heavy atom.